The van der Waals surface area contributed by atoms with Gasteiger partial charge in [-0.2, -0.15) is 0 Å². The zero-order valence-corrected chi connectivity index (χ0v) is 11.3. The molecule has 4 nitrogen and oxygen atoms in total. The van der Waals surface area contributed by atoms with E-state index in [1.165, 1.54) is 0 Å². The largest absolute Gasteiger partial charge is 0 e. The topological polar surface area (TPSA) is 76.8 Å². The molecule has 0 aromatic rings. The molecule has 0 spiro atoms. The Morgan fingerprint density at radius 2 is 1.50 bits per heavy atom. The van der Waals surface area contributed by atoms with Crippen molar-refractivity contribution < 1.29 is 35.8 Å². The van der Waals surface area contributed by atoms with Gasteiger partial charge in [-0.05, 0) is 19.9 Å². The van der Waals surface area contributed by atoms with Gasteiger partial charge < -0.3 is 0 Å². The fourth-order valence-corrected chi connectivity index (χ4v) is 0.630. The second kappa shape index (κ2) is 36.1. The third-order valence-electron chi connectivity index (χ3n) is 1.06. The van der Waals surface area contributed by atoms with Gasteiger partial charge >= 0.3 is 33.9 Å². The third-order valence-corrected chi connectivity index (χ3v) is 1.06. The number of rotatable bonds is 4. The summed E-state index contributed by atoms with van der Waals surface area (Å²) >= 11 is 0. The molecule has 0 amide bonds. The molecule has 0 aliphatic carbocycles. The average Bonchev–Trinajstić information content (AvgIpc) is 2.36. The van der Waals surface area contributed by atoms with E-state index < -0.39 is 0 Å². The van der Waals surface area contributed by atoms with Crippen LogP contribution in [0.1, 0.15) is 20.3 Å². The van der Waals surface area contributed by atoms with Crippen molar-refractivity contribution >= 4 is 5.78 Å². The Hall–Kier alpha value is -1.37. The smallest absolute Gasteiger partial charge is 0 e. The van der Waals surface area contributed by atoms with Crippen LogP contribution in [-0.4, -0.2) is 5.78 Å². The molecule has 0 aromatic carbocycles. The third kappa shape index (κ3) is 46.7. The van der Waals surface area contributed by atoms with E-state index in [1.54, 1.807) is 12.2 Å². The first-order valence-electron chi connectivity index (χ1n) is 4.24. The van der Waals surface area contributed by atoms with Crippen LogP contribution in [-0.2, 0) is 35.8 Å². The molecule has 18 heavy (non-hydrogen) atoms. The van der Waals surface area contributed by atoms with E-state index in [9.17, 15) is 4.79 Å². The maximum absolute atomic E-state index is 10.9. The first-order chi connectivity index (χ1) is 8.16. The molecule has 0 N–H and O–H groups in total. The summed E-state index contributed by atoms with van der Waals surface area (Å²) < 4.78 is 22.5. The molecule has 0 aromatic heterocycles. The van der Waals surface area contributed by atoms with Gasteiger partial charge in [0.25, 0.3) is 0 Å². The average molecular weight is 290 g/mol. The molecule has 0 atom stereocenters. The SMILES string of the molecule is C=C(C)CC(=O)/C=C/C=C/C.[C-]#[O+].[C-]#[O+].[C-]#[O+].[Fe]. The fraction of sp³-hybridized carbons (Fsp3) is 0.231. The van der Waals surface area contributed by atoms with E-state index in [0.717, 1.165) is 5.57 Å². The van der Waals surface area contributed by atoms with Crippen molar-refractivity contribution in [2.75, 3.05) is 0 Å². The first-order valence-corrected chi connectivity index (χ1v) is 4.24. The van der Waals surface area contributed by atoms with Crippen LogP contribution in [0.4, 0.5) is 0 Å². The number of carbonyl (C=O) groups excluding carboxylic acids is 1. The van der Waals surface area contributed by atoms with Crippen molar-refractivity contribution in [3.8, 4) is 0 Å². The first kappa shape index (κ1) is 30.0. The van der Waals surface area contributed by atoms with Gasteiger partial charge in [-0.15, -0.1) is 0 Å². The van der Waals surface area contributed by atoms with Gasteiger partial charge in [0.15, 0.2) is 5.78 Å². The summed E-state index contributed by atoms with van der Waals surface area (Å²) in [6.45, 7) is 20.9. The molecule has 0 saturated carbocycles. The molecule has 0 heterocycles. The predicted octanol–water partition coefficient (Wildman–Crippen LogP) is 2.54. The molecule has 0 fully saturated rings. The molecule has 0 rings (SSSR count). The van der Waals surface area contributed by atoms with Crippen LogP contribution in [0.15, 0.2) is 36.5 Å². The Morgan fingerprint density at radius 1 is 1.11 bits per heavy atom. The minimum atomic E-state index is 0. The Labute approximate surface area is 118 Å². The Morgan fingerprint density at radius 3 is 1.78 bits per heavy atom. The van der Waals surface area contributed by atoms with E-state index in [0.29, 0.717) is 6.42 Å². The van der Waals surface area contributed by atoms with Crippen molar-refractivity contribution in [1.29, 1.82) is 0 Å². The van der Waals surface area contributed by atoms with Gasteiger partial charge in [0.05, 0.1) is 0 Å². The summed E-state index contributed by atoms with van der Waals surface area (Å²) in [5.41, 5.74) is 0.903. The van der Waals surface area contributed by atoms with Gasteiger partial charge in [0.2, 0.25) is 0 Å². The molecular formula is C13H14FeO4. The second-order valence-electron chi connectivity index (χ2n) is 2.49. The number of allylic oxidation sites excluding steroid dienone is 5. The maximum Gasteiger partial charge on any atom is 0 e. The quantitative estimate of drug-likeness (QED) is 0.196. The van der Waals surface area contributed by atoms with Crippen LogP contribution in [0.5, 0.6) is 0 Å². The summed E-state index contributed by atoms with van der Waals surface area (Å²) in [4.78, 5) is 10.9. The minimum Gasteiger partial charge on any atom is 0 e. The zero-order chi connectivity index (χ0) is 14.7. The van der Waals surface area contributed by atoms with E-state index >= 15 is 0 Å². The number of hydrogen-bond acceptors (Lipinski definition) is 1. The molecule has 0 radical (unpaired) electrons. The van der Waals surface area contributed by atoms with Crippen molar-refractivity contribution in [2.45, 2.75) is 20.3 Å². The molecule has 0 aliphatic rings. The number of carbonyl (C=O) groups is 1. The van der Waals surface area contributed by atoms with Crippen molar-refractivity contribution in [1.82, 2.24) is 0 Å². The Balaban J connectivity index is -0.0000000700. The minimum absolute atomic E-state index is 0. The summed E-state index contributed by atoms with van der Waals surface area (Å²) in [7, 11) is 0. The summed E-state index contributed by atoms with van der Waals surface area (Å²) in [6, 6.07) is 0. The van der Waals surface area contributed by atoms with E-state index in [4.69, 9.17) is 14.0 Å². The zero-order valence-electron chi connectivity index (χ0n) is 10.2. The fourth-order valence-electron chi connectivity index (χ4n) is 0.630. The van der Waals surface area contributed by atoms with Crippen molar-refractivity contribution in [2.24, 2.45) is 0 Å². The molecule has 0 unspecified atom stereocenters. The molecule has 0 aliphatic heterocycles. The Kier molecular flexibility index (Phi) is 60.2. The van der Waals surface area contributed by atoms with Crippen molar-refractivity contribution in [3.05, 3.63) is 56.4 Å². The van der Waals surface area contributed by atoms with Crippen LogP contribution in [0, 0.1) is 20.0 Å². The molecule has 0 bridgehead atoms. The number of ketones is 1. The predicted molar refractivity (Wildman–Crippen MR) is 60.2 cm³/mol. The number of hydrogen-bond donors (Lipinski definition) is 0. The molecule has 0 saturated heterocycles. The summed E-state index contributed by atoms with van der Waals surface area (Å²) in [5.74, 6) is 0.107. The van der Waals surface area contributed by atoms with Crippen LogP contribution < -0.4 is 0 Å². The van der Waals surface area contributed by atoms with Gasteiger partial charge in [-0.3, -0.25) is 4.79 Å². The summed E-state index contributed by atoms with van der Waals surface area (Å²) in [6.07, 6.45) is 7.47. The van der Waals surface area contributed by atoms with Crippen LogP contribution in [0.25, 0.3) is 0 Å². The normalized spacial score (nSPS) is 7.11. The van der Waals surface area contributed by atoms with Gasteiger partial charge in [-0.25, -0.2) is 0 Å². The standard InChI is InChI=1S/C10H14O.3CO.Fe/c1-4-5-6-7-10(11)8-9(2)3;3*1-2;/h4-7H,2,8H2,1,3H3;;;;/b5-4+,7-6+;;;;. The summed E-state index contributed by atoms with van der Waals surface area (Å²) in [5, 5.41) is 0. The van der Waals surface area contributed by atoms with Gasteiger partial charge in [-0.1, -0.05) is 30.4 Å². The monoisotopic (exact) mass is 290 g/mol. The molecular weight excluding hydrogens is 276 g/mol. The second-order valence-corrected chi connectivity index (χ2v) is 2.49. The van der Waals surface area contributed by atoms with E-state index in [2.05, 4.69) is 26.5 Å². The van der Waals surface area contributed by atoms with Gasteiger partial charge in [0.1, 0.15) is 0 Å². The molecule has 5 heteroatoms. The van der Waals surface area contributed by atoms with Crippen LogP contribution in [0.2, 0.25) is 0 Å². The van der Waals surface area contributed by atoms with E-state index in [-0.39, 0.29) is 22.9 Å². The van der Waals surface area contributed by atoms with Crippen LogP contribution >= 0.6 is 0 Å². The molecule has 98 valence electrons. The Bertz CT molecular complexity index is 294. The van der Waals surface area contributed by atoms with E-state index in [1.807, 2.05) is 26.0 Å². The van der Waals surface area contributed by atoms with Gasteiger partial charge in [0, 0.05) is 23.5 Å². The van der Waals surface area contributed by atoms with Crippen LogP contribution in [0.3, 0.4) is 0 Å². The van der Waals surface area contributed by atoms with Crippen molar-refractivity contribution in [3.63, 3.8) is 0 Å². The maximum atomic E-state index is 10.9.